The van der Waals surface area contributed by atoms with Crippen molar-refractivity contribution in [1.82, 2.24) is 19.9 Å². The first-order valence-corrected chi connectivity index (χ1v) is 11.9. The average molecular weight is 453 g/mol. The average Bonchev–Trinajstić information content (AvgIpc) is 3.47. The highest BCUT2D eigenvalue weighted by molar-refractivity contribution is 5.75. The van der Waals surface area contributed by atoms with Gasteiger partial charge < -0.3 is 4.98 Å². The van der Waals surface area contributed by atoms with Crippen LogP contribution in [0.2, 0.25) is 0 Å². The molecule has 6 heteroatoms. The van der Waals surface area contributed by atoms with Crippen LogP contribution in [0, 0.1) is 0 Å². The smallest absolute Gasteiger partial charge is 0.306 e. The van der Waals surface area contributed by atoms with Crippen molar-refractivity contribution >= 4 is 11.0 Å². The number of fused-ring (bicyclic) bond motifs is 1. The molecule has 0 amide bonds. The third kappa shape index (κ3) is 3.65. The molecule has 2 aliphatic rings. The van der Waals surface area contributed by atoms with Crippen molar-refractivity contribution in [3.8, 4) is 0 Å². The maximum absolute atomic E-state index is 12.6. The van der Waals surface area contributed by atoms with E-state index in [1.165, 1.54) is 0 Å². The number of likely N-dealkylation sites (tertiary alicyclic amines) is 1. The summed E-state index contributed by atoms with van der Waals surface area (Å²) in [7, 11) is 0. The van der Waals surface area contributed by atoms with Gasteiger partial charge in [-0.2, -0.15) is 0 Å². The first kappa shape index (κ1) is 21.0. The first-order chi connectivity index (χ1) is 16.7. The van der Waals surface area contributed by atoms with Gasteiger partial charge in [0.25, 0.3) is 0 Å². The highest BCUT2D eigenvalue weighted by Crippen LogP contribution is 2.38. The highest BCUT2D eigenvalue weighted by atomic mass is 16.7. The number of hydrogen-bond acceptors (Lipinski definition) is 4. The Balaban J connectivity index is 1.20. The van der Waals surface area contributed by atoms with E-state index in [2.05, 4.69) is 45.7 Å². The van der Waals surface area contributed by atoms with E-state index in [4.69, 9.17) is 4.84 Å². The van der Waals surface area contributed by atoms with Gasteiger partial charge in [-0.3, -0.25) is 19.8 Å². The molecular formula is C28H28N4O2. The van der Waals surface area contributed by atoms with Gasteiger partial charge in [-0.1, -0.05) is 72.8 Å². The fraction of sp³-hybridized carbons (Fsp3) is 0.250. The van der Waals surface area contributed by atoms with Gasteiger partial charge in [-0.15, -0.1) is 0 Å². The number of rotatable bonds is 5. The summed E-state index contributed by atoms with van der Waals surface area (Å²) in [5, 5.41) is 0. The van der Waals surface area contributed by atoms with Crippen molar-refractivity contribution < 1.29 is 4.84 Å². The molecule has 0 radical (unpaired) electrons. The number of H-pyrrole nitrogens is 1. The molecule has 1 aromatic heterocycles. The van der Waals surface area contributed by atoms with Crippen LogP contribution in [-0.4, -0.2) is 34.1 Å². The highest BCUT2D eigenvalue weighted by Gasteiger charge is 2.39. The SMILES string of the molecule is O=c1[nH]c2ccccc2n1C1CCN(CC2=CC(c3ccccc3)(c3ccccc3)ON2)CC1. The van der Waals surface area contributed by atoms with Gasteiger partial charge in [-0.25, -0.2) is 4.79 Å². The van der Waals surface area contributed by atoms with Crippen LogP contribution in [0.5, 0.6) is 0 Å². The predicted molar refractivity (Wildman–Crippen MR) is 133 cm³/mol. The Morgan fingerprint density at radius 2 is 1.47 bits per heavy atom. The van der Waals surface area contributed by atoms with E-state index in [1.54, 1.807) is 0 Å². The van der Waals surface area contributed by atoms with Crippen LogP contribution in [0.4, 0.5) is 0 Å². The zero-order chi connectivity index (χ0) is 23.0. The minimum Gasteiger partial charge on any atom is -0.306 e. The van der Waals surface area contributed by atoms with Gasteiger partial charge in [0.15, 0.2) is 5.60 Å². The lowest BCUT2D eigenvalue weighted by Crippen LogP contribution is -2.38. The number of aromatic amines is 1. The predicted octanol–water partition coefficient (Wildman–Crippen LogP) is 4.33. The lowest BCUT2D eigenvalue weighted by Gasteiger charge is -2.32. The van der Waals surface area contributed by atoms with Crippen LogP contribution in [0.15, 0.2) is 101 Å². The van der Waals surface area contributed by atoms with Gasteiger partial charge in [0, 0.05) is 25.7 Å². The molecule has 3 heterocycles. The van der Waals surface area contributed by atoms with E-state index in [-0.39, 0.29) is 11.7 Å². The second-order valence-corrected chi connectivity index (χ2v) is 9.17. The Bertz CT molecular complexity index is 1330. The van der Waals surface area contributed by atoms with Crippen LogP contribution in [0.3, 0.4) is 0 Å². The van der Waals surface area contributed by atoms with E-state index in [0.29, 0.717) is 0 Å². The fourth-order valence-electron chi connectivity index (χ4n) is 5.36. The maximum atomic E-state index is 12.6. The third-order valence-electron chi connectivity index (χ3n) is 7.07. The fourth-order valence-corrected chi connectivity index (χ4v) is 5.36. The van der Waals surface area contributed by atoms with Crippen molar-refractivity contribution in [2.24, 2.45) is 0 Å². The molecule has 1 fully saturated rings. The Morgan fingerprint density at radius 1 is 0.853 bits per heavy atom. The van der Waals surface area contributed by atoms with Gasteiger partial charge in [0.1, 0.15) is 0 Å². The number of nitrogens with one attached hydrogen (secondary N) is 2. The molecule has 3 aromatic carbocycles. The number of aromatic nitrogens is 2. The second kappa shape index (κ2) is 8.63. The van der Waals surface area contributed by atoms with Crippen molar-refractivity contribution in [2.45, 2.75) is 24.5 Å². The number of hydroxylamine groups is 1. The van der Waals surface area contributed by atoms with Crippen LogP contribution >= 0.6 is 0 Å². The standard InChI is InChI=1S/C28H28N4O2/c33-27-29-25-13-7-8-14-26(25)32(27)24-15-17-31(18-16-24)20-23-19-28(34-30-23,21-9-3-1-4-10-21)22-11-5-2-6-12-22/h1-14,19,24,30H,15-18,20H2,(H,29,33). The van der Waals surface area contributed by atoms with Gasteiger partial charge >= 0.3 is 5.69 Å². The van der Waals surface area contributed by atoms with Crippen molar-refractivity contribution in [2.75, 3.05) is 19.6 Å². The minimum absolute atomic E-state index is 0.0104. The summed E-state index contributed by atoms with van der Waals surface area (Å²) in [6.07, 6.45) is 4.10. The maximum Gasteiger partial charge on any atom is 0.326 e. The molecule has 1 saturated heterocycles. The molecule has 6 nitrogen and oxygen atoms in total. The Kier molecular flexibility index (Phi) is 5.32. The molecule has 0 unspecified atom stereocenters. The normalized spacial score (nSPS) is 18.6. The molecule has 2 N–H and O–H groups in total. The van der Waals surface area contributed by atoms with Crippen LogP contribution in [0.1, 0.15) is 30.0 Å². The molecule has 0 saturated carbocycles. The molecule has 172 valence electrons. The van der Waals surface area contributed by atoms with E-state index >= 15 is 0 Å². The number of nitrogens with zero attached hydrogens (tertiary/aromatic N) is 2. The number of benzene rings is 3. The Hall–Kier alpha value is -3.61. The molecule has 0 bridgehead atoms. The van der Waals surface area contributed by atoms with Crippen LogP contribution in [-0.2, 0) is 10.4 Å². The summed E-state index contributed by atoms with van der Waals surface area (Å²) in [5.74, 6) is 0. The zero-order valence-electron chi connectivity index (χ0n) is 19.0. The number of hydrogen-bond donors (Lipinski definition) is 2. The zero-order valence-corrected chi connectivity index (χ0v) is 19.0. The lowest BCUT2D eigenvalue weighted by atomic mass is 9.86. The van der Waals surface area contributed by atoms with Gasteiger partial charge in [0.05, 0.1) is 16.7 Å². The Morgan fingerprint density at radius 3 is 2.15 bits per heavy atom. The molecule has 2 aliphatic heterocycles. The van der Waals surface area contributed by atoms with Gasteiger partial charge in [0.2, 0.25) is 0 Å². The molecule has 0 spiro atoms. The summed E-state index contributed by atoms with van der Waals surface area (Å²) in [5.41, 5.74) is 7.73. The van der Waals surface area contributed by atoms with Crippen molar-refractivity contribution in [1.29, 1.82) is 0 Å². The van der Waals surface area contributed by atoms with Gasteiger partial charge in [-0.05, 0) is 42.2 Å². The van der Waals surface area contributed by atoms with Crippen molar-refractivity contribution in [3.05, 3.63) is 118 Å². The quantitative estimate of drug-likeness (QED) is 0.473. The topological polar surface area (TPSA) is 62.3 Å². The molecule has 6 rings (SSSR count). The lowest BCUT2D eigenvalue weighted by molar-refractivity contribution is -0.0186. The van der Waals surface area contributed by atoms with E-state index in [0.717, 1.165) is 60.3 Å². The summed E-state index contributed by atoms with van der Waals surface area (Å²) in [6, 6.07) is 28.8. The molecular weight excluding hydrogens is 424 g/mol. The largest absolute Gasteiger partial charge is 0.326 e. The minimum atomic E-state index is -0.645. The number of piperidine rings is 1. The summed E-state index contributed by atoms with van der Waals surface area (Å²) >= 11 is 0. The molecule has 4 aromatic rings. The third-order valence-corrected chi connectivity index (χ3v) is 7.07. The summed E-state index contributed by atoms with van der Waals surface area (Å²) in [6.45, 7) is 2.65. The molecule has 0 atom stereocenters. The second-order valence-electron chi connectivity index (χ2n) is 9.17. The first-order valence-electron chi connectivity index (χ1n) is 11.9. The van der Waals surface area contributed by atoms with E-state index in [1.807, 2.05) is 65.2 Å². The Labute approximate surface area is 198 Å². The molecule has 0 aliphatic carbocycles. The van der Waals surface area contributed by atoms with E-state index < -0.39 is 5.60 Å². The molecule has 34 heavy (non-hydrogen) atoms. The number of para-hydroxylation sites is 2. The summed E-state index contributed by atoms with van der Waals surface area (Å²) in [4.78, 5) is 24.3. The number of imidazole rings is 1. The van der Waals surface area contributed by atoms with Crippen LogP contribution in [0.25, 0.3) is 11.0 Å². The monoisotopic (exact) mass is 452 g/mol. The van der Waals surface area contributed by atoms with E-state index in [9.17, 15) is 4.79 Å². The van der Waals surface area contributed by atoms with Crippen molar-refractivity contribution in [3.63, 3.8) is 0 Å². The summed E-state index contributed by atoms with van der Waals surface area (Å²) < 4.78 is 1.94. The van der Waals surface area contributed by atoms with Crippen LogP contribution < -0.4 is 11.2 Å².